The number of benzene rings is 1. The predicted molar refractivity (Wildman–Crippen MR) is 84.0 cm³/mol. The van der Waals surface area contributed by atoms with Gasteiger partial charge in [-0.2, -0.15) is 0 Å². The second-order valence-corrected chi connectivity index (χ2v) is 6.00. The van der Waals surface area contributed by atoms with Crippen molar-refractivity contribution in [2.75, 3.05) is 6.54 Å². The molecule has 0 aliphatic heterocycles. The molecule has 0 fully saturated rings. The van der Waals surface area contributed by atoms with Crippen LogP contribution in [0.1, 0.15) is 24.9 Å². The van der Waals surface area contributed by atoms with Gasteiger partial charge >= 0.3 is 0 Å². The molecule has 0 radical (unpaired) electrons. The van der Waals surface area contributed by atoms with Gasteiger partial charge in [-0.15, -0.1) is 11.3 Å². The van der Waals surface area contributed by atoms with Gasteiger partial charge in [-0.25, -0.2) is 9.97 Å². The van der Waals surface area contributed by atoms with Crippen LogP contribution in [0.3, 0.4) is 0 Å². The number of nitrogens with zero attached hydrogens (tertiary/aromatic N) is 3. The lowest BCUT2D eigenvalue weighted by molar-refractivity contribution is 0.623. The zero-order valence-electron chi connectivity index (χ0n) is 11.7. The van der Waals surface area contributed by atoms with Gasteiger partial charge in [0.05, 0.1) is 16.0 Å². The van der Waals surface area contributed by atoms with Gasteiger partial charge in [0.2, 0.25) is 0 Å². The van der Waals surface area contributed by atoms with Crippen LogP contribution in [-0.4, -0.2) is 21.1 Å². The fourth-order valence-electron chi connectivity index (χ4n) is 2.40. The first kappa shape index (κ1) is 13.3. The van der Waals surface area contributed by atoms with Gasteiger partial charge in [0.1, 0.15) is 5.69 Å². The quantitative estimate of drug-likeness (QED) is 0.801. The van der Waals surface area contributed by atoms with Crippen LogP contribution in [0.25, 0.3) is 22.6 Å². The fraction of sp³-hybridized carbons (Fsp3) is 0.333. The number of para-hydroxylation sites is 2. The number of imidazole rings is 1. The number of rotatable bonds is 4. The highest BCUT2D eigenvalue weighted by Crippen LogP contribution is 2.29. The number of aromatic nitrogens is 3. The van der Waals surface area contributed by atoms with Gasteiger partial charge in [-0.1, -0.05) is 12.1 Å². The van der Waals surface area contributed by atoms with E-state index in [-0.39, 0.29) is 0 Å². The van der Waals surface area contributed by atoms with E-state index < -0.39 is 0 Å². The van der Waals surface area contributed by atoms with Crippen LogP contribution in [0.2, 0.25) is 0 Å². The Labute approximate surface area is 122 Å². The fourth-order valence-corrected chi connectivity index (χ4v) is 3.19. The molecule has 3 aromatic rings. The van der Waals surface area contributed by atoms with E-state index in [0.717, 1.165) is 34.0 Å². The molecule has 0 unspecified atom stereocenters. The highest BCUT2D eigenvalue weighted by atomic mass is 32.1. The molecule has 104 valence electrons. The van der Waals surface area contributed by atoms with Crippen LogP contribution >= 0.6 is 11.3 Å². The van der Waals surface area contributed by atoms with Crippen molar-refractivity contribution in [3.8, 4) is 11.5 Å². The van der Waals surface area contributed by atoms with Crippen molar-refractivity contribution in [2.24, 2.45) is 5.73 Å². The molecule has 2 heterocycles. The highest BCUT2D eigenvalue weighted by Gasteiger charge is 2.16. The van der Waals surface area contributed by atoms with Crippen LogP contribution in [0, 0.1) is 0 Å². The molecule has 0 atom stereocenters. The second-order valence-electron chi connectivity index (χ2n) is 5.05. The van der Waals surface area contributed by atoms with Crippen molar-refractivity contribution < 1.29 is 0 Å². The number of nitrogens with two attached hydrogens (primary N) is 1. The largest absolute Gasteiger partial charge is 0.330 e. The summed E-state index contributed by atoms with van der Waals surface area (Å²) in [6.45, 7) is 4.98. The molecule has 0 spiro atoms. The summed E-state index contributed by atoms with van der Waals surface area (Å²) in [5.41, 5.74) is 8.72. The lowest BCUT2D eigenvalue weighted by atomic mass is 10.3. The Hall–Kier alpha value is -1.72. The monoisotopic (exact) mass is 286 g/mol. The molecule has 0 saturated carbocycles. The summed E-state index contributed by atoms with van der Waals surface area (Å²) in [6.07, 6.45) is 0.826. The first-order chi connectivity index (χ1) is 9.70. The van der Waals surface area contributed by atoms with E-state index in [1.807, 2.05) is 18.2 Å². The molecule has 4 nitrogen and oxygen atoms in total. The van der Waals surface area contributed by atoms with Crippen LogP contribution < -0.4 is 5.73 Å². The number of hydrogen-bond donors (Lipinski definition) is 1. The predicted octanol–water partition coefficient (Wildman–Crippen LogP) is 3.24. The molecule has 20 heavy (non-hydrogen) atoms. The molecule has 3 rings (SSSR count). The minimum Gasteiger partial charge on any atom is -0.330 e. The van der Waals surface area contributed by atoms with Gasteiger partial charge in [0.15, 0.2) is 5.82 Å². The van der Waals surface area contributed by atoms with Crippen LogP contribution in [0.15, 0.2) is 29.6 Å². The van der Waals surface area contributed by atoms with E-state index in [1.54, 1.807) is 11.3 Å². The first-order valence-corrected chi connectivity index (χ1v) is 7.70. The second kappa shape index (κ2) is 5.34. The standard InChI is InChI=1S/C15H18N4S/c1-10(2)19-13-6-4-3-5-11(13)18-15(19)12-9-20-14(17-12)7-8-16/h3-6,9-10H,7-8,16H2,1-2H3. The lowest BCUT2D eigenvalue weighted by Gasteiger charge is -2.11. The average molecular weight is 286 g/mol. The Morgan fingerprint density at radius 2 is 2.05 bits per heavy atom. The normalized spacial score (nSPS) is 11.6. The summed E-state index contributed by atoms with van der Waals surface area (Å²) in [5, 5.41) is 3.15. The van der Waals surface area contributed by atoms with Crippen LogP contribution in [-0.2, 0) is 6.42 Å². The third-order valence-electron chi connectivity index (χ3n) is 3.25. The summed E-state index contributed by atoms with van der Waals surface area (Å²) in [4.78, 5) is 9.42. The van der Waals surface area contributed by atoms with E-state index >= 15 is 0 Å². The van der Waals surface area contributed by atoms with Gasteiger partial charge in [0, 0.05) is 17.8 Å². The average Bonchev–Trinajstić information content (AvgIpc) is 3.02. The van der Waals surface area contributed by atoms with E-state index in [0.29, 0.717) is 12.6 Å². The number of thiazole rings is 1. The third kappa shape index (κ3) is 2.23. The minimum absolute atomic E-state index is 0.344. The Morgan fingerprint density at radius 3 is 2.80 bits per heavy atom. The lowest BCUT2D eigenvalue weighted by Crippen LogP contribution is -2.04. The van der Waals surface area contributed by atoms with Gasteiger partial charge in [0.25, 0.3) is 0 Å². The molecule has 0 saturated heterocycles. The van der Waals surface area contributed by atoms with Gasteiger partial charge in [-0.3, -0.25) is 0 Å². The molecule has 1 aromatic carbocycles. The maximum Gasteiger partial charge on any atom is 0.160 e. The minimum atomic E-state index is 0.344. The molecule has 5 heteroatoms. The zero-order chi connectivity index (χ0) is 14.1. The first-order valence-electron chi connectivity index (χ1n) is 6.82. The van der Waals surface area contributed by atoms with Crippen molar-refractivity contribution in [3.05, 3.63) is 34.7 Å². The molecule has 2 N–H and O–H groups in total. The third-order valence-corrected chi connectivity index (χ3v) is 4.16. The molecular formula is C15H18N4S. The zero-order valence-corrected chi connectivity index (χ0v) is 12.5. The Balaban J connectivity index is 2.16. The number of hydrogen-bond acceptors (Lipinski definition) is 4. The Bertz CT molecular complexity index is 726. The van der Waals surface area contributed by atoms with Crippen molar-refractivity contribution in [2.45, 2.75) is 26.3 Å². The summed E-state index contributed by atoms with van der Waals surface area (Å²) >= 11 is 1.65. The van der Waals surface area contributed by atoms with Crippen molar-refractivity contribution >= 4 is 22.4 Å². The molecule has 0 aliphatic carbocycles. The summed E-state index contributed by atoms with van der Waals surface area (Å²) in [5.74, 6) is 0.945. The molecule has 0 bridgehead atoms. The smallest absolute Gasteiger partial charge is 0.160 e. The van der Waals surface area contributed by atoms with E-state index in [4.69, 9.17) is 10.7 Å². The van der Waals surface area contributed by atoms with E-state index in [1.165, 1.54) is 0 Å². The molecule has 0 aliphatic rings. The van der Waals surface area contributed by atoms with E-state index in [9.17, 15) is 0 Å². The maximum atomic E-state index is 5.59. The molecule has 2 aromatic heterocycles. The van der Waals surface area contributed by atoms with Crippen molar-refractivity contribution in [1.29, 1.82) is 0 Å². The number of fused-ring (bicyclic) bond motifs is 1. The maximum absolute atomic E-state index is 5.59. The van der Waals surface area contributed by atoms with Gasteiger partial charge in [-0.05, 0) is 32.5 Å². The van der Waals surface area contributed by atoms with Gasteiger partial charge < -0.3 is 10.3 Å². The summed E-state index contributed by atoms with van der Waals surface area (Å²) in [6, 6.07) is 8.57. The Morgan fingerprint density at radius 1 is 1.25 bits per heavy atom. The SMILES string of the molecule is CC(C)n1c(-c2csc(CCN)n2)nc2ccccc21. The Kier molecular flexibility index (Phi) is 3.54. The topological polar surface area (TPSA) is 56.7 Å². The van der Waals surface area contributed by atoms with Crippen LogP contribution in [0.4, 0.5) is 0 Å². The molecular weight excluding hydrogens is 268 g/mol. The van der Waals surface area contributed by atoms with Crippen molar-refractivity contribution in [1.82, 2.24) is 14.5 Å². The highest BCUT2D eigenvalue weighted by molar-refractivity contribution is 7.09. The molecule has 0 amide bonds. The summed E-state index contributed by atoms with van der Waals surface area (Å²) in [7, 11) is 0. The summed E-state index contributed by atoms with van der Waals surface area (Å²) < 4.78 is 2.25. The van der Waals surface area contributed by atoms with E-state index in [2.05, 4.69) is 34.8 Å². The van der Waals surface area contributed by atoms with Crippen molar-refractivity contribution in [3.63, 3.8) is 0 Å². The van der Waals surface area contributed by atoms with Crippen LogP contribution in [0.5, 0.6) is 0 Å².